The minimum atomic E-state index is 0.295. The highest BCUT2D eigenvalue weighted by molar-refractivity contribution is 5.66. The van der Waals surface area contributed by atoms with Crippen LogP contribution >= 0.6 is 0 Å². The molecule has 0 saturated heterocycles. The molecular formula is C20H26N6. The topological polar surface area (TPSA) is 58.4 Å². The second-order valence-corrected chi connectivity index (χ2v) is 7.69. The molecule has 4 rings (SSSR count). The summed E-state index contributed by atoms with van der Waals surface area (Å²) in [4.78, 5) is 16.3. The van der Waals surface area contributed by atoms with Gasteiger partial charge in [-0.2, -0.15) is 0 Å². The van der Waals surface area contributed by atoms with E-state index in [4.69, 9.17) is 9.97 Å². The van der Waals surface area contributed by atoms with Crippen molar-refractivity contribution in [1.82, 2.24) is 24.3 Å². The quantitative estimate of drug-likeness (QED) is 0.737. The molecule has 0 spiro atoms. The molecule has 3 aromatic rings. The van der Waals surface area contributed by atoms with E-state index in [1.807, 2.05) is 12.3 Å². The van der Waals surface area contributed by atoms with Gasteiger partial charge in [-0.1, -0.05) is 0 Å². The fourth-order valence-corrected chi connectivity index (χ4v) is 3.28. The first-order valence-electron chi connectivity index (χ1n) is 9.27. The third-order valence-corrected chi connectivity index (χ3v) is 4.50. The van der Waals surface area contributed by atoms with Crippen LogP contribution in [0, 0.1) is 0 Å². The first-order valence-corrected chi connectivity index (χ1v) is 9.27. The average molecular weight is 350 g/mol. The highest BCUT2D eigenvalue weighted by Gasteiger charge is 2.31. The Hall–Kier alpha value is -2.47. The van der Waals surface area contributed by atoms with Gasteiger partial charge in [-0.25, -0.2) is 15.0 Å². The maximum Gasteiger partial charge on any atom is 0.223 e. The molecule has 0 aliphatic heterocycles. The highest BCUT2D eigenvalue weighted by Crippen LogP contribution is 2.44. The van der Waals surface area contributed by atoms with Crippen LogP contribution in [0.25, 0.3) is 17.0 Å². The minimum absolute atomic E-state index is 0.295. The van der Waals surface area contributed by atoms with E-state index in [-0.39, 0.29) is 0 Å². The summed E-state index contributed by atoms with van der Waals surface area (Å²) >= 11 is 0. The number of rotatable bonds is 6. The molecule has 3 heterocycles. The molecule has 136 valence electrons. The van der Waals surface area contributed by atoms with E-state index in [1.54, 1.807) is 0 Å². The van der Waals surface area contributed by atoms with Crippen LogP contribution in [-0.2, 0) is 6.54 Å². The van der Waals surface area contributed by atoms with Gasteiger partial charge < -0.3 is 10.2 Å². The molecule has 1 fully saturated rings. The summed E-state index contributed by atoms with van der Waals surface area (Å²) in [5.74, 6) is 1.22. The lowest BCUT2D eigenvalue weighted by Crippen LogP contribution is -2.12. The van der Waals surface area contributed by atoms with Crippen LogP contribution in [0.3, 0.4) is 0 Å². The number of aromatic nitrogens is 4. The Morgan fingerprint density at radius 3 is 2.73 bits per heavy atom. The van der Waals surface area contributed by atoms with Gasteiger partial charge in [-0.3, -0.25) is 4.40 Å². The van der Waals surface area contributed by atoms with E-state index in [2.05, 4.69) is 65.9 Å². The summed E-state index contributed by atoms with van der Waals surface area (Å²) in [6.07, 6.45) is 6.37. The van der Waals surface area contributed by atoms with Crippen molar-refractivity contribution in [2.75, 3.05) is 19.4 Å². The number of hydrogen-bond donors (Lipinski definition) is 1. The van der Waals surface area contributed by atoms with Gasteiger partial charge in [-0.05, 0) is 64.5 Å². The van der Waals surface area contributed by atoms with Gasteiger partial charge in [0.25, 0.3) is 0 Å². The molecule has 1 aliphatic rings. The summed E-state index contributed by atoms with van der Waals surface area (Å²) in [7, 11) is 4.17. The van der Waals surface area contributed by atoms with Crippen LogP contribution in [0.4, 0.5) is 5.95 Å². The van der Waals surface area contributed by atoms with Crippen LogP contribution in [0.15, 0.2) is 30.6 Å². The fourth-order valence-electron chi connectivity index (χ4n) is 3.28. The van der Waals surface area contributed by atoms with E-state index in [9.17, 15) is 0 Å². The molecule has 3 aromatic heterocycles. The zero-order valence-corrected chi connectivity index (χ0v) is 15.9. The van der Waals surface area contributed by atoms with Crippen molar-refractivity contribution < 1.29 is 0 Å². The Morgan fingerprint density at radius 1 is 1.23 bits per heavy atom. The molecule has 0 radical (unpaired) electrons. The molecule has 0 atom stereocenters. The van der Waals surface area contributed by atoms with Crippen LogP contribution < -0.4 is 5.32 Å². The van der Waals surface area contributed by atoms with E-state index < -0.39 is 0 Å². The highest BCUT2D eigenvalue weighted by atomic mass is 15.1. The molecule has 26 heavy (non-hydrogen) atoms. The lowest BCUT2D eigenvalue weighted by atomic mass is 10.2. The third-order valence-electron chi connectivity index (χ3n) is 4.50. The normalized spacial score (nSPS) is 14.5. The zero-order chi connectivity index (χ0) is 18.3. The number of nitrogens with one attached hydrogen (secondary N) is 1. The number of hydrogen-bond acceptors (Lipinski definition) is 5. The summed E-state index contributed by atoms with van der Waals surface area (Å²) in [5, 5.41) is 3.29. The molecule has 0 aromatic carbocycles. The Bertz CT molecular complexity index is 923. The number of anilines is 1. The van der Waals surface area contributed by atoms with E-state index in [0.29, 0.717) is 17.9 Å². The van der Waals surface area contributed by atoms with Crippen LogP contribution in [0.1, 0.15) is 43.9 Å². The van der Waals surface area contributed by atoms with Gasteiger partial charge in [0.2, 0.25) is 5.95 Å². The van der Waals surface area contributed by atoms with Gasteiger partial charge in [0, 0.05) is 30.9 Å². The Labute approximate surface area is 154 Å². The van der Waals surface area contributed by atoms with Crippen molar-refractivity contribution in [2.24, 2.45) is 0 Å². The molecule has 0 amide bonds. The lowest BCUT2D eigenvalue weighted by molar-refractivity contribution is 0.402. The maximum absolute atomic E-state index is 4.97. The van der Waals surface area contributed by atoms with Crippen LogP contribution in [0.2, 0.25) is 0 Å². The van der Waals surface area contributed by atoms with Crippen LogP contribution in [-0.4, -0.2) is 44.4 Å². The number of pyridine rings is 1. The lowest BCUT2D eigenvalue weighted by Gasteiger charge is -2.11. The summed E-state index contributed by atoms with van der Waals surface area (Å²) in [6, 6.07) is 6.63. The summed E-state index contributed by atoms with van der Waals surface area (Å²) < 4.78 is 2.17. The summed E-state index contributed by atoms with van der Waals surface area (Å²) in [5.41, 5.74) is 5.47. The zero-order valence-electron chi connectivity index (χ0n) is 15.9. The van der Waals surface area contributed by atoms with E-state index in [0.717, 1.165) is 23.6 Å². The molecule has 6 nitrogen and oxygen atoms in total. The smallest absolute Gasteiger partial charge is 0.223 e. The molecule has 0 bridgehead atoms. The number of nitrogens with zero attached hydrogens (tertiary/aromatic N) is 5. The van der Waals surface area contributed by atoms with E-state index >= 15 is 0 Å². The maximum atomic E-state index is 4.97. The fraction of sp³-hybridized carbons (Fsp3) is 0.450. The molecular weight excluding hydrogens is 324 g/mol. The van der Waals surface area contributed by atoms with Gasteiger partial charge in [0.15, 0.2) is 0 Å². The monoisotopic (exact) mass is 350 g/mol. The molecule has 1 saturated carbocycles. The Morgan fingerprint density at radius 2 is 2.04 bits per heavy atom. The number of imidazole rings is 1. The molecule has 6 heteroatoms. The number of fused-ring (bicyclic) bond motifs is 1. The molecule has 1 N–H and O–H groups in total. The first-order chi connectivity index (χ1) is 12.5. The standard InChI is InChI=1S/C20H26N6/c1-13(2)22-20-21-9-7-16(23-20)19-18(15-5-6-15)24-17-11-14(12-25(3)4)8-10-26(17)19/h7-11,13,15H,5-6,12H2,1-4H3,(H,21,22,23). The van der Waals surface area contributed by atoms with Gasteiger partial charge in [-0.15, -0.1) is 0 Å². The predicted octanol–water partition coefficient (Wildman–Crippen LogP) is 3.55. The van der Waals surface area contributed by atoms with Gasteiger partial charge in [0.1, 0.15) is 5.65 Å². The van der Waals surface area contributed by atoms with Crippen molar-refractivity contribution >= 4 is 11.6 Å². The second kappa shape index (κ2) is 6.68. The van der Waals surface area contributed by atoms with Gasteiger partial charge in [0.05, 0.1) is 17.1 Å². The van der Waals surface area contributed by atoms with Crippen molar-refractivity contribution in [1.29, 1.82) is 0 Å². The Kier molecular flexibility index (Phi) is 4.36. The van der Waals surface area contributed by atoms with E-state index in [1.165, 1.54) is 24.1 Å². The molecule has 0 unspecified atom stereocenters. The first kappa shape index (κ1) is 17.0. The van der Waals surface area contributed by atoms with Gasteiger partial charge >= 0.3 is 0 Å². The van der Waals surface area contributed by atoms with Crippen molar-refractivity contribution in [2.45, 2.75) is 45.2 Å². The van der Waals surface area contributed by atoms with Crippen molar-refractivity contribution in [3.05, 3.63) is 41.9 Å². The molecule has 1 aliphatic carbocycles. The SMILES string of the molecule is CC(C)Nc1nccc(-c2c(C3CC3)nc3cc(CN(C)C)ccn23)n1. The van der Waals surface area contributed by atoms with Crippen LogP contribution in [0.5, 0.6) is 0 Å². The summed E-state index contributed by atoms with van der Waals surface area (Å²) in [6.45, 7) is 5.09. The third kappa shape index (κ3) is 3.42. The Balaban J connectivity index is 1.81. The predicted molar refractivity (Wildman–Crippen MR) is 104 cm³/mol. The van der Waals surface area contributed by atoms with Crippen molar-refractivity contribution in [3.63, 3.8) is 0 Å². The van der Waals surface area contributed by atoms with Crippen molar-refractivity contribution in [3.8, 4) is 11.4 Å². The second-order valence-electron chi connectivity index (χ2n) is 7.69. The largest absolute Gasteiger partial charge is 0.352 e. The minimum Gasteiger partial charge on any atom is -0.352 e. The average Bonchev–Trinajstić information content (AvgIpc) is 3.34.